The molecule has 1 saturated carbocycles. The van der Waals surface area contributed by atoms with E-state index in [-0.39, 0.29) is 12.1 Å². The molecule has 4 heteroatoms. The van der Waals surface area contributed by atoms with Crippen LogP contribution in [0.5, 0.6) is 0 Å². The van der Waals surface area contributed by atoms with Gasteiger partial charge in [-0.05, 0) is 44.9 Å². The molecule has 1 aliphatic rings. The monoisotopic (exact) mass is 267 g/mol. The first kappa shape index (κ1) is 13.2. The summed E-state index contributed by atoms with van der Waals surface area (Å²) in [5.41, 5.74) is 0.759. The molecule has 0 unspecified atom stereocenters. The molecule has 1 aliphatic carbocycles. The van der Waals surface area contributed by atoms with Crippen molar-refractivity contribution in [3.05, 3.63) is 34.9 Å². The van der Waals surface area contributed by atoms with Crippen LogP contribution in [0, 0.1) is 0 Å². The highest BCUT2D eigenvalue weighted by molar-refractivity contribution is 6.30. The van der Waals surface area contributed by atoms with E-state index in [0.717, 1.165) is 11.4 Å². The summed E-state index contributed by atoms with van der Waals surface area (Å²) in [5, 5.41) is 3.61. The van der Waals surface area contributed by atoms with Gasteiger partial charge < -0.3 is 10.1 Å². The minimum atomic E-state index is -0.450. The van der Waals surface area contributed by atoms with Gasteiger partial charge in [0.25, 0.3) is 0 Å². The Hall–Kier alpha value is -1.22. The van der Waals surface area contributed by atoms with Gasteiger partial charge in [-0.25, -0.2) is 4.79 Å². The third-order valence-electron chi connectivity index (χ3n) is 2.79. The zero-order chi connectivity index (χ0) is 13.3. The molecule has 0 heterocycles. The lowest BCUT2D eigenvalue weighted by Gasteiger charge is -2.19. The third kappa shape index (κ3) is 3.64. The van der Waals surface area contributed by atoms with Gasteiger partial charge >= 0.3 is 6.09 Å². The van der Waals surface area contributed by atoms with Gasteiger partial charge in [-0.1, -0.05) is 23.7 Å². The highest BCUT2D eigenvalue weighted by Gasteiger charge is 2.40. The second kappa shape index (κ2) is 4.81. The fraction of sp³-hybridized carbons (Fsp3) is 0.500. The van der Waals surface area contributed by atoms with Gasteiger partial charge in [-0.15, -0.1) is 0 Å². The van der Waals surface area contributed by atoms with E-state index < -0.39 is 5.60 Å². The predicted molar refractivity (Wildman–Crippen MR) is 72.0 cm³/mol. The van der Waals surface area contributed by atoms with Crippen LogP contribution in [0.4, 0.5) is 4.79 Å². The number of ether oxygens (including phenoxy) is 1. The second-order valence-corrected chi connectivity index (χ2v) is 6.08. The molecule has 0 aliphatic heterocycles. The zero-order valence-electron chi connectivity index (χ0n) is 10.9. The molecule has 0 radical (unpaired) electrons. The Morgan fingerprint density at radius 1 is 1.33 bits per heavy atom. The first-order valence-corrected chi connectivity index (χ1v) is 6.48. The summed E-state index contributed by atoms with van der Waals surface area (Å²) in [6.45, 7) is 5.57. The Morgan fingerprint density at radius 2 is 1.94 bits per heavy atom. The molecule has 3 nitrogen and oxygen atoms in total. The largest absolute Gasteiger partial charge is 0.444 e. The minimum Gasteiger partial charge on any atom is -0.444 e. The van der Waals surface area contributed by atoms with Crippen molar-refractivity contribution in [1.29, 1.82) is 0 Å². The van der Waals surface area contributed by atoms with Crippen molar-refractivity contribution < 1.29 is 9.53 Å². The Bertz CT molecular complexity index is 436. The quantitative estimate of drug-likeness (QED) is 0.887. The number of nitrogens with one attached hydrogen (secondary N) is 1. The molecule has 1 fully saturated rings. The molecule has 0 saturated heterocycles. The Kier molecular flexibility index (Phi) is 3.53. The second-order valence-electron chi connectivity index (χ2n) is 5.65. The van der Waals surface area contributed by atoms with Gasteiger partial charge in [0.05, 0.1) is 0 Å². The summed E-state index contributed by atoms with van der Waals surface area (Å²) in [5.74, 6) is 0.384. The lowest BCUT2D eigenvalue weighted by atomic mass is 10.1. The van der Waals surface area contributed by atoms with E-state index in [4.69, 9.17) is 16.3 Å². The van der Waals surface area contributed by atoms with Gasteiger partial charge in [-0.3, -0.25) is 0 Å². The maximum atomic E-state index is 11.6. The molecule has 0 bridgehead atoms. The summed E-state index contributed by atoms with van der Waals surface area (Å²) in [6.07, 6.45) is 0.616. The van der Waals surface area contributed by atoms with Crippen LogP contribution in [-0.4, -0.2) is 17.7 Å². The van der Waals surface area contributed by atoms with E-state index in [1.165, 1.54) is 5.56 Å². The van der Waals surface area contributed by atoms with Crippen LogP contribution in [0.2, 0.25) is 5.02 Å². The zero-order valence-corrected chi connectivity index (χ0v) is 11.6. The molecular formula is C14H18ClNO2. The van der Waals surface area contributed by atoms with Gasteiger partial charge in [0.2, 0.25) is 0 Å². The number of halogens is 1. The number of benzene rings is 1. The van der Waals surface area contributed by atoms with E-state index in [1.54, 1.807) is 0 Å². The van der Waals surface area contributed by atoms with Crippen LogP contribution in [0.25, 0.3) is 0 Å². The van der Waals surface area contributed by atoms with Crippen LogP contribution in [-0.2, 0) is 4.74 Å². The van der Waals surface area contributed by atoms with Crippen LogP contribution >= 0.6 is 11.6 Å². The molecule has 1 amide bonds. The van der Waals surface area contributed by atoms with Crippen molar-refractivity contribution in [2.24, 2.45) is 0 Å². The van der Waals surface area contributed by atoms with Crippen molar-refractivity contribution >= 4 is 17.7 Å². The Balaban J connectivity index is 1.85. The first-order valence-electron chi connectivity index (χ1n) is 6.10. The molecular weight excluding hydrogens is 250 g/mol. The smallest absolute Gasteiger partial charge is 0.407 e. The van der Waals surface area contributed by atoms with Crippen molar-refractivity contribution in [3.63, 3.8) is 0 Å². The molecule has 0 aromatic heterocycles. The normalized spacial score (nSPS) is 22.4. The fourth-order valence-corrected chi connectivity index (χ4v) is 2.02. The number of carbonyl (C=O) groups is 1. The molecule has 1 aromatic carbocycles. The maximum absolute atomic E-state index is 11.6. The molecule has 2 atom stereocenters. The third-order valence-corrected chi connectivity index (χ3v) is 3.04. The van der Waals surface area contributed by atoms with E-state index in [1.807, 2.05) is 45.0 Å². The summed E-state index contributed by atoms with van der Waals surface area (Å²) < 4.78 is 5.22. The van der Waals surface area contributed by atoms with E-state index in [0.29, 0.717) is 5.92 Å². The predicted octanol–water partition coefficient (Wildman–Crippen LogP) is 3.72. The summed E-state index contributed by atoms with van der Waals surface area (Å²) in [4.78, 5) is 11.6. The molecule has 1 aromatic rings. The number of hydrogen-bond acceptors (Lipinski definition) is 2. The van der Waals surface area contributed by atoms with E-state index >= 15 is 0 Å². The Labute approximate surface area is 112 Å². The lowest BCUT2D eigenvalue weighted by molar-refractivity contribution is 0.0523. The first-order chi connectivity index (χ1) is 8.35. The highest BCUT2D eigenvalue weighted by Crippen LogP contribution is 2.41. The van der Waals surface area contributed by atoms with Crippen LogP contribution in [0.3, 0.4) is 0 Å². The van der Waals surface area contributed by atoms with Crippen molar-refractivity contribution in [3.8, 4) is 0 Å². The van der Waals surface area contributed by atoms with Crippen molar-refractivity contribution in [2.45, 2.75) is 44.8 Å². The SMILES string of the molecule is CC(C)(C)OC(=O)N[C@@H]1C[C@H]1c1ccc(Cl)cc1. The van der Waals surface area contributed by atoms with Gasteiger partial charge in [-0.2, -0.15) is 0 Å². The molecule has 1 N–H and O–H groups in total. The average molecular weight is 268 g/mol. The number of rotatable bonds is 2. The van der Waals surface area contributed by atoms with Gasteiger partial charge in [0, 0.05) is 17.0 Å². The highest BCUT2D eigenvalue weighted by atomic mass is 35.5. The van der Waals surface area contributed by atoms with Crippen molar-refractivity contribution in [2.75, 3.05) is 0 Å². The summed E-state index contributed by atoms with van der Waals surface area (Å²) in [6, 6.07) is 7.94. The molecule has 2 rings (SSSR count). The van der Waals surface area contributed by atoms with E-state index in [2.05, 4.69) is 5.32 Å². The van der Waals surface area contributed by atoms with Crippen LogP contribution in [0.1, 0.15) is 38.7 Å². The Morgan fingerprint density at radius 3 is 2.50 bits per heavy atom. The number of amides is 1. The fourth-order valence-electron chi connectivity index (χ4n) is 1.89. The number of alkyl carbamates (subject to hydrolysis) is 1. The number of carbonyl (C=O) groups excluding carboxylic acids is 1. The molecule has 0 spiro atoms. The lowest BCUT2D eigenvalue weighted by Crippen LogP contribution is -2.34. The summed E-state index contributed by atoms with van der Waals surface area (Å²) >= 11 is 5.84. The van der Waals surface area contributed by atoms with E-state index in [9.17, 15) is 4.79 Å². The molecule has 18 heavy (non-hydrogen) atoms. The van der Waals surface area contributed by atoms with Crippen molar-refractivity contribution in [1.82, 2.24) is 5.32 Å². The summed E-state index contributed by atoms with van der Waals surface area (Å²) in [7, 11) is 0. The van der Waals surface area contributed by atoms with Crippen LogP contribution < -0.4 is 5.32 Å². The van der Waals surface area contributed by atoms with Gasteiger partial charge in [0.15, 0.2) is 0 Å². The standard InChI is InChI=1S/C14H18ClNO2/c1-14(2,3)18-13(17)16-12-8-11(12)9-4-6-10(15)7-5-9/h4-7,11-12H,8H2,1-3H3,(H,16,17)/t11-,12+/m0/s1. The van der Waals surface area contributed by atoms with Crippen LogP contribution in [0.15, 0.2) is 24.3 Å². The average Bonchev–Trinajstić information content (AvgIpc) is 2.95. The minimum absolute atomic E-state index is 0.182. The topological polar surface area (TPSA) is 38.3 Å². The number of hydrogen-bond donors (Lipinski definition) is 1. The molecule has 98 valence electrons. The van der Waals surface area contributed by atoms with Gasteiger partial charge in [0.1, 0.15) is 5.60 Å². The maximum Gasteiger partial charge on any atom is 0.407 e.